The standard InChI is InChI=1S/C17H22N4O/c1-12-16(19-11-18-12)13-6-5-9-15(10-13)21-17(22)20-14-7-3-2-4-8-14/h5-6,9-11,14H,2-4,7-8H2,1H3,(H,18,19)(H2,20,21,22). The van der Waals surface area contributed by atoms with Crippen LogP contribution in [0.15, 0.2) is 30.6 Å². The van der Waals surface area contributed by atoms with E-state index in [1.807, 2.05) is 31.2 Å². The molecule has 3 N–H and O–H groups in total. The van der Waals surface area contributed by atoms with Crippen molar-refractivity contribution < 1.29 is 4.79 Å². The molecule has 0 atom stereocenters. The summed E-state index contributed by atoms with van der Waals surface area (Å²) in [5.74, 6) is 0. The van der Waals surface area contributed by atoms with Gasteiger partial charge in [0, 0.05) is 23.0 Å². The minimum atomic E-state index is -0.122. The van der Waals surface area contributed by atoms with Crippen LogP contribution in [0.25, 0.3) is 11.3 Å². The number of nitrogens with zero attached hydrogens (tertiary/aromatic N) is 1. The molecular formula is C17H22N4O. The van der Waals surface area contributed by atoms with Gasteiger partial charge in [0.2, 0.25) is 0 Å². The number of anilines is 1. The van der Waals surface area contributed by atoms with E-state index < -0.39 is 0 Å². The molecule has 1 saturated carbocycles. The Hall–Kier alpha value is -2.30. The molecule has 1 aliphatic carbocycles. The molecule has 0 unspecified atom stereocenters. The van der Waals surface area contributed by atoms with Crippen LogP contribution in [0.4, 0.5) is 10.5 Å². The number of rotatable bonds is 3. The van der Waals surface area contributed by atoms with Gasteiger partial charge in [-0.15, -0.1) is 0 Å². The summed E-state index contributed by atoms with van der Waals surface area (Å²) in [6.45, 7) is 1.98. The lowest BCUT2D eigenvalue weighted by atomic mass is 9.96. The quantitative estimate of drug-likeness (QED) is 0.805. The van der Waals surface area contributed by atoms with E-state index in [1.54, 1.807) is 6.33 Å². The normalized spacial score (nSPS) is 15.5. The minimum absolute atomic E-state index is 0.122. The van der Waals surface area contributed by atoms with Crippen LogP contribution < -0.4 is 10.6 Å². The van der Waals surface area contributed by atoms with Crippen molar-refractivity contribution in [2.45, 2.75) is 45.1 Å². The number of urea groups is 1. The number of aromatic nitrogens is 2. The van der Waals surface area contributed by atoms with E-state index in [1.165, 1.54) is 19.3 Å². The molecule has 1 fully saturated rings. The van der Waals surface area contributed by atoms with E-state index in [4.69, 9.17) is 0 Å². The van der Waals surface area contributed by atoms with Crippen molar-refractivity contribution in [1.82, 2.24) is 15.3 Å². The predicted molar refractivity (Wildman–Crippen MR) is 87.8 cm³/mol. The second kappa shape index (κ2) is 6.64. The third-order valence-electron chi connectivity index (χ3n) is 4.16. The molecule has 5 heteroatoms. The first-order chi connectivity index (χ1) is 10.7. The maximum Gasteiger partial charge on any atom is 0.319 e. The fourth-order valence-corrected chi connectivity index (χ4v) is 2.99. The van der Waals surface area contributed by atoms with Crippen LogP contribution in [0.5, 0.6) is 0 Å². The van der Waals surface area contributed by atoms with Gasteiger partial charge in [0.25, 0.3) is 0 Å². The van der Waals surface area contributed by atoms with Crippen LogP contribution in [0, 0.1) is 6.92 Å². The fourth-order valence-electron chi connectivity index (χ4n) is 2.99. The number of nitrogens with one attached hydrogen (secondary N) is 3. The zero-order chi connectivity index (χ0) is 15.4. The summed E-state index contributed by atoms with van der Waals surface area (Å²) in [4.78, 5) is 19.5. The van der Waals surface area contributed by atoms with Gasteiger partial charge in [-0.2, -0.15) is 0 Å². The van der Waals surface area contributed by atoms with E-state index in [0.717, 1.165) is 35.5 Å². The van der Waals surface area contributed by atoms with E-state index in [-0.39, 0.29) is 6.03 Å². The van der Waals surface area contributed by atoms with E-state index in [9.17, 15) is 4.79 Å². The fraction of sp³-hybridized carbons (Fsp3) is 0.412. The van der Waals surface area contributed by atoms with Crippen LogP contribution in [0.3, 0.4) is 0 Å². The first-order valence-electron chi connectivity index (χ1n) is 7.90. The maximum absolute atomic E-state index is 12.1. The number of amides is 2. The number of aromatic amines is 1. The van der Waals surface area contributed by atoms with Crippen LogP contribution >= 0.6 is 0 Å². The Balaban J connectivity index is 1.65. The van der Waals surface area contributed by atoms with Crippen LogP contribution in [0.2, 0.25) is 0 Å². The monoisotopic (exact) mass is 298 g/mol. The second-order valence-corrected chi connectivity index (χ2v) is 5.89. The Bertz CT molecular complexity index is 644. The highest BCUT2D eigenvalue weighted by atomic mass is 16.2. The largest absolute Gasteiger partial charge is 0.348 e. The topological polar surface area (TPSA) is 69.8 Å². The molecule has 0 spiro atoms. The Morgan fingerprint density at radius 2 is 2.09 bits per heavy atom. The summed E-state index contributed by atoms with van der Waals surface area (Å²) < 4.78 is 0. The van der Waals surface area contributed by atoms with Gasteiger partial charge < -0.3 is 15.6 Å². The van der Waals surface area contributed by atoms with Crippen molar-refractivity contribution in [2.24, 2.45) is 0 Å². The van der Waals surface area contributed by atoms with Crippen molar-refractivity contribution in [3.05, 3.63) is 36.3 Å². The molecule has 116 valence electrons. The molecular weight excluding hydrogens is 276 g/mol. The van der Waals surface area contributed by atoms with Gasteiger partial charge in [-0.05, 0) is 31.9 Å². The van der Waals surface area contributed by atoms with Crippen LogP contribution in [-0.2, 0) is 0 Å². The lowest BCUT2D eigenvalue weighted by Gasteiger charge is -2.22. The van der Waals surface area contributed by atoms with Gasteiger partial charge in [-0.3, -0.25) is 0 Å². The Morgan fingerprint density at radius 1 is 1.27 bits per heavy atom. The Kier molecular flexibility index (Phi) is 4.42. The predicted octanol–water partition coefficient (Wildman–Crippen LogP) is 3.84. The minimum Gasteiger partial charge on any atom is -0.348 e. The van der Waals surface area contributed by atoms with E-state index in [0.29, 0.717) is 6.04 Å². The van der Waals surface area contributed by atoms with Gasteiger partial charge in [0.15, 0.2) is 0 Å². The zero-order valence-electron chi connectivity index (χ0n) is 12.9. The molecule has 1 aliphatic rings. The summed E-state index contributed by atoms with van der Waals surface area (Å²) in [7, 11) is 0. The Morgan fingerprint density at radius 3 is 2.82 bits per heavy atom. The average Bonchev–Trinajstić information content (AvgIpc) is 2.94. The molecule has 2 amide bonds. The summed E-state index contributed by atoms with van der Waals surface area (Å²) in [5, 5.41) is 5.98. The maximum atomic E-state index is 12.1. The highest BCUT2D eigenvalue weighted by molar-refractivity contribution is 5.90. The highest BCUT2D eigenvalue weighted by Crippen LogP contribution is 2.23. The van der Waals surface area contributed by atoms with Gasteiger partial charge in [-0.25, -0.2) is 9.78 Å². The second-order valence-electron chi connectivity index (χ2n) is 5.89. The van der Waals surface area contributed by atoms with Gasteiger partial charge >= 0.3 is 6.03 Å². The zero-order valence-corrected chi connectivity index (χ0v) is 12.9. The first kappa shape index (κ1) is 14.6. The van der Waals surface area contributed by atoms with Gasteiger partial charge in [0.1, 0.15) is 0 Å². The number of aryl methyl sites for hydroxylation is 1. The summed E-state index contributed by atoms with van der Waals surface area (Å²) >= 11 is 0. The molecule has 0 aliphatic heterocycles. The van der Waals surface area contributed by atoms with Crippen molar-refractivity contribution in [2.75, 3.05) is 5.32 Å². The first-order valence-corrected chi connectivity index (χ1v) is 7.90. The lowest BCUT2D eigenvalue weighted by molar-refractivity contribution is 0.244. The number of carbonyl (C=O) groups excluding carboxylic acids is 1. The number of H-pyrrole nitrogens is 1. The van der Waals surface area contributed by atoms with E-state index in [2.05, 4.69) is 20.6 Å². The van der Waals surface area contributed by atoms with Crippen molar-refractivity contribution in [3.8, 4) is 11.3 Å². The number of imidazole rings is 1. The molecule has 5 nitrogen and oxygen atoms in total. The molecule has 1 aromatic heterocycles. The summed E-state index contributed by atoms with van der Waals surface area (Å²) in [5.41, 5.74) is 3.71. The molecule has 1 aromatic carbocycles. The number of carbonyl (C=O) groups is 1. The van der Waals surface area contributed by atoms with Crippen molar-refractivity contribution in [1.29, 1.82) is 0 Å². The summed E-state index contributed by atoms with van der Waals surface area (Å²) in [6.07, 6.45) is 7.54. The molecule has 3 rings (SSSR count). The van der Waals surface area contributed by atoms with Crippen molar-refractivity contribution >= 4 is 11.7 Å². The van der Waals surface area contributed by atoms with Crippen LogP contribution in [-0.4, -0.2) is 22.0 Å². The van der Waals surface area contributed by atoms with Gasteiger partial charge in [-0.1, -0.05) is 31.4 Å². The highest BCUT2D eigenvalue weighted by Gasteiger charge is 2.15. The molecule has 2 aromatic rings. The average molecular weight is 298 g/mol. The molecule has 0 radical (unpaired) electrons. The third-order valence-corrected chi connectivity index (χ3v) is 4.16. The number of hydrogen-bond donors (Lipinski definition) is 3. The van der Waals surface area contributed by atoms with E-state index >= 15 is 0 Å². The molecule has 0 bridgehead atoms. The lowest BCUT2D eigenvalue weighted by Crippen LogP contribution is -2.39. The van der Waals surface area contributed by atoms with Crippen LogP contribution in [0.1, 0.15) is 37.8 Å². The Labute approximate surface area is 130 Å². The SMILES string of the molecule is Cc1[nH]cnc1-c1cccc(NC(=O)NC2CCCCC2)c1. The summed E-state index contributed by atoms with van der Waals surface area (Å²) in [6, 6.07) is 7.95. The molecule has 1 heterocycles. The molecule has 22 heavy (non-hydrogen) atoms. The van der Waals surface area contributed by atoms with Crippen molar-refractivity contribution in [3.63, 3.8) is 0 Å². The number of hydrogen-bond acceptors (Lipinski definition) is 2. The third kappa shape index (κ3) is 3.47. The van der Waals surface area contributed by atoms with Gasteiger partial charge in [0.05, 0.1) is 12.0 Å². The smallest absolute Gasteiger partial charge is 0.319 e. The molecule has 0 saturated heterocycles. The number of benzene rings is 1.